The number of aliphatic hydroxyl groups excluding tert-OH is 1. The van der Waals surface area contributed by atoms with Gasteiger partial charge in [-0.2, -0.15) is 0 Å². The van der Waals surface area contributed by atoms with Crippen molar-refractivity contribution in [1.29, 1.82) is 0 Å². The molecule has 4 atom stereocenters. The molecule has 0 fully saturated rings. The van der Waals surface area contributed by atoms with Gasteiger partial charge in [0.25, 0.3) is 5.91 Å². The van der Waals surface area contributed by atoms with Crippen molar-refractivity contribution in [1.82, 2.24) is 15.0 Å². The molecule has 266 valence electrons. The molecule has 0 saturated carbocycles. The number of fused-ring (bicyclic) bond motifs is 1. The largest absolute Gasteiger partial charge is 0.490 e. The summed E-state index contributed by atoms with van der Waals surface area (Å²) in [5.74, 6) is -0.242. The summed E-state index contributed by atoms with van der Waals surface area (Å²) in [4.78, 5) is 43.4. The highest BCUT2D eigenvalue weighted by Gasteiger charge is 2.31. The van der Waals surface area contributed by atoms with Gasteiger partial charge in [0.1, 0.15) is 22.9 Å². The summed E-state index contributed by atoms with van der Waals surface area (Å²) in [7, 11) is 1.67. The van der Waals surface area contributed by atoms with Gasteiger partial charge in [0.05, 0.1) is 30.4 Å². The van der Waals surface area contributed by atoms with Gasteiger partial charge < -0.3 is 44.9 Å². The number of aromatic nitrogens is 1. The molecule has 0 spiro atoms. The highest BCUT2D eigenvalue weighted by atomic mass is 19.1. The van der Waals surface area contributed by atoms with Gasteiger partial charge in [-0.15, -0.1) is 0 Å². The Bertz CT molecular complexity index is 1560. The highest BCUT2D eigenvalue weighted by Crippen LogP contribution is 2.29. The number of anilines is 3. The number of likely N-dealkylation sites (N-methyl/N-ethyl adjacent to an activating group) is 1. The van der Waals surface area contributed by atoms with Crippen LogP contribution in [0.2, 0.25) is 0 Å². The normalized spacial score (nSPS) is 19.6. The Morgan fingerprint density at radius 3 is 2.45 bits per heavy atom. The lowest BCUT2D eigenvalue weighted by molar-refractivity contribution is -0.0115. The van der Waals surface area contributed by atoms with Crippen molar-refractivity contribution in [3.63, 3.8) is 0 Å². The number of hydrogen-bond donors (Lipinski definition) is 4. The summed E-state index contributed by atoms with van der Waals surface area (Å²) in [5, 5.41) is 22.3. The van der Waals surface area contributed by atoms with Crippen LogP contribution in [0.15, 0.2) is 47.0 Å². The molecule has 5 amide bonds. The fourth-order valence-electron chi connectivity index (χ4n) is 5.51. The van der Waals surface area contributed by atoms with Crippen molar-refractivity contribution in [3.8, 4) is 5.75 Å². The van der Waals surface area contributed by atoms with Gasteiger partial charge in [-0.3, -0.25) is 4.79 Å². The van der Waals surface area contributed by atoms with Gasteiger partial charge in [0.2, 0.25) is 0 Å². The van der Waals surface area contributed by atoms with E-state index in [-0.39, 0.29) is 43.3 Å². The molecule has 1 aliphatic heterocycles. The van der Waals surface area contributed by atoms with Crippen molar-refractivity contribution < 1.29 is 37.9 Å². The van der Waals surface area contributed by atoms with E-state index in [1.165, 1.54) is 29.2 Å². The Balaban J connectivity index is 1.58. The van der Waals surface area contributed by atoms with E-state index in [0.29, 0.717) is 47.3 Å². The van der Waals surface area contributed by atoms with E-state index in [2.05, 4.69) is 21.1 Å². The number of nitrogens with one attached hydrogen (secondary N) is 3. The summed E-state index contributed by atoms with van der Waals surface area (Å²) >= 11 is 0. The predicted molar refractivity (Wildman–Crippen MR) is 184 cm³/mol. The van der Waals surface area contributed by atoms with E-state index in [1.54, 1.807) is 50.9 Å². The molecule has 2 heterocycles. The minimum atomic E-state index is -0.578. The Morgan fingerprint density at radius 1 is 1.08 bits per heavy atom. The zero-order valence-corrected chi connectivity index (χ0v) is 28.9. The van der Waals surface area contributed by atoms with Gasteiger partial charge in [-0.05, 0) is 89.4 Å². The van der Waals surface area contributed by atoms with E-state index >= 15 is 0 Å². The van der Waals surface area contributed by atoms with Crippen LogP contribution in [0.1, 0.15) is 61.8 Å². The minimum absolute atomic E-state index is 0.197. The number of ether oxygens (including phenoxy) is 2. The van der Waals surface area contributed by atoms with E-state index < -0.39 is 29.9 Å². The van der Waals surface area contributed by atoms with E-state index in [9.17, 15) is 23.9 Å². The molecule has 0 bridgehead atoms. The Hall–Kier alpha value is -4.69. The molecule has 3 aromatic rings. The third-order valence-corrected chi connectivity index (χ3v) is 8.48. The van der Waals surface area contributed by atoms with Crippen molar-refractivity contribution in [3.05, 3.63) is 65.3 Å². The van der Waals surface area contributed by atoms with Gasteiger partial charge in [-0.25, -0.2) is 14.0 Å². The van der Waals surface area contributed by atoms with Gasteiger partial charge in [-0.1, -0.05) is 12.1 Å². The number of benzene rings is 2. The topological polar surface area (TPSA) is 158 Å². The number of aliphatic hydroxyl groups is 1. The van der Waals surface area contributed by atoms with Crippen molar-refractivity contribution >= 4 is 35.0 Å². The molecule has 14 heteroatoms. The second kappa shape index (κ2) is 17.1. The summed E-state index contributed by atoms with van der Waals surface area (Å²) in [5.41, 5.74) is 2.03. The van der Waals surface area contributed by atoms with Crippen LogP contribution >= 0.6 is 0 Å². The van der Waals surface area contributed by atoms with Crippen LogP contribution in [0.5, 0.6) is 5.75 Å². The fourth-order valence-corrected chi connectivity index (χ4v) is 5.51. The monoisotopic (exact) mass is 682 g/mol. The maximum absolute atomic E-state index is 14.3. The van der Waals surface area contributed by atoms with Crippen molar-refractivity contribution in [2.45, 2.75) is 72.1 Å². The van der Waals surface area contributed by atoms with Crippen molar-refractivity contribution in [2.24, 2.45) is 5.92 Å². The molecule has 0 aliphatic carbocycles. The summed E-state index contributed by atoms with van der Waals surface area (Å²) in [6.45, 7) is 9.67. The van der Waals surface area contributed by atoms with Crippen LogP contribution in [0.3, 0.4) is 0 Å². The van der Waals surface area contributed by atoms with Gasteiger partial charge in [0.15, 0.2) is 5.76 Å². The van der Waals surface area contributed by atoms with Crippen LogP contribution in [0, 0.1) is 25.6 Å². The highest BCUT2D eigenvalue weighted by molar-refractivity contribution is 6.02. The first-order valence-corrected chi connectivity index (χ1v) is 16.5. The maximum Gasteiger partial charge on any atom is 0.323 e. The third-order valence-electron chi connectivity index (χ3n) is 8.48. The first-order valence-electron chi connectivity index (χ1n) is 16.5. The number of carbonyl (C=O) groups is 3. The predicted octanol–water partition coefficient (Wildman–Crippen LogP) is 6.03. The molecule has 13 nitrogen and oxygen atoms in total. The first-order chi connectivity index (χ1) is 23.4. The lowest BCUT2D eigenvalue weighted by Crippen LogP contribution is -2.48. The van der Waals surface area contributed by atoms with E-state index in [4.69, 9.17) is 14.0 Å². The molecular formula is C35H47FN6O7. The van der Waals surface area contributed by atoms with Gasteiger partial charge >= 0.3 is 12.1 Å². The average molecular weight is 683 g/mol. The molecule has 49 heavy (non-hydrogen) atoms. The zero-order chi connectivity index (χ0) is 35.7. The summed E-state index contributed by atoms with van der Waals surface area (Å²) < 4.78 is 31.1. The fraction of sp³-hybridized carbons (Fsp3) is 0.486. The molecule has 1 aliphatic rings. The van der Waals surface area contributed by atoms with Gasteiger partial charge in [0, 0.05) is 44.0 Å². The standard InChI is InChI=1S/C35H47FN6O7/c1-21-18-42(22(2)20-43)33(44)29-17-28(38-34(45)37-27-12-10-26(36)11-13-27)14-15-30(29)48-23(3)9-7-8-16-47-31(21)19-41(6)35(46)39-32-24(4)40-49-25(32)5/h10-15,17,21-23,31,43H,7-9,16,18-20H2,1-6H3,(H,39,46)(H2,37,38,45)/t21-,22-,23-,31-/m0/s1. The van der Waals surface area contributed by atoms with E-state index in [1.807, 2.05) is 13.8 Å². The number of urea groups is 2. The lowest BCUT2D eigenvalue weighted by atomic mass is 10.0. The Kier molecular flexibility index (Phi) is 13.0. The minimum Gasteiger partial charge on any atom is -0.490 e. The number of nitrogens with zero attached hydrogens (tertiary/aromatic N) is 3. The Morgan fingerprint density at radius 2 is 1.78 bits per heavy atom. The molecule has 4 N–H and O–H groups in total. The van der Waals surface area contributed by atoms with Crippen LogP contribution in [0.25, 0.3) is 0 Å². The summed E-state index contributed by atoms with van der Waals surface area (Å²) in [6, 6.07) is 8.67. The smallest absolute Gasteiger partial charge is 0.323 e. The maximum atomic E-state index is 14.3. The van der Waals surface area contributed by atoms with Crippen LogP contribution in [-0.4, -0.2) is 89.6 Å². The molecular weight excluding hydrogens is 635 g/mol. The summed E-state index contributed by atoms with van der Waals surface area (Å²) in [6.07, 6.45) is 1.60. The molecule has 0 radical (unpaired) electrons. The molecule has 0 saturated heterocycles. The number of halogens is 1. The molecule has 2 aromatic carbocycles. The first kappa shape index (κ1) is 37.1. The quantitative estimate of drug-likeness (QED) is 0.235. The van der Waals surface area contributed by atoms with Crippen molar-refractivity contribution in [2.75, 3.05) is 49.3 Å². The second-order valence-corrected chi connectivity index (χ2v) is 12.6. The van der Waals surface area contributed by atoms with Crippen LogP contribution in [-0.2, 0) is 4.74 Å². The number of aryl methyl sites for hydroxylation is 2. The number of hydrogen-bond acceptors (Lipinski definition) is 8. The third kappa shape index (κ3) is 10.2. The molecule has 4 rings (SSSR count). The zero-order valence-electron chi connectivity index (χ0n) is 28.9. The molecule has 0 unspecified atom stereocenters. The van der Waals surface area contributed by atoms with Crippen LogP contribution in [0.4, 0.5) is 31.0 Å². The number of carbonyl (C=O) groups excluding carboxylic acids is 3. The molecule has 1 aromatic heterocycles. The van der Waals surface area contributed by atoms with E-state index in [0.717, 1.165) is 12.8 Å². The lowest BCUT2D eigenvalue weighted by Gasteiger charge is -2.35. The second-order valence-electron chi connectivity index (χ2n) is 12.6. The number of amides is 5. The van der Waals surface area contributed by atoms with Crippen LogP contribution < -0.4 is 20.7 Å². The SMILES string of the molecule is Cc1noc(C)c1NC(=O)N(C)C[C@@H]1OCCCC[C@H](C)Oc2ccc(NC(=O)Nc3ccc(F)cc3)cc2C(=O)N([C@@H](C)CO)C[C@@H]1C. The number of rotatable bonds is 7. The Labute approximate surface area is 286 Å². The average Bonchev–Trinajstić information content (AvgIpc) is 3.39.